The largest absolute Gasteiger partial charge is 0.504 e. The molecule has 3 N–H and O–H groups in total. The van der Waals surface area contributed by atoms with Gasteiger partial charge in [0, 0.05) is 12.1 Å². The third-order valence-electron chi connectivity index (χ3n) is 2.63. The fourth-order valence-corrected chi connectivity index (χ4v) is 1.61. The minimum atomic E-state index is -0.749. The average molecular weight is 336 g/mol. The number of aromatic hydroxyl groups is 1. The molecule has 8 nitrogen and oxygen atoms in total. The lowest BCUT2D eigenvalue weighted by Gasteiger charge is -2.08. The Labute approximate surface area is 139 Å². The number of esters is 1. The van der Waals surface area contributed by atoms with Crippen molar-refractivity contribution in [2.24, 2.45) is 0 Å². The number of hydrogen-bond donors (Lipinski definition) is 3. The Kier molecular flexibility index (Phi) is 7.28. The first-order valence-electron chi connectivity index (χ1n) is 7.14. The number of carbonyl (C=O) groups is 3. The standard InChI is InChI=1S/C16H20N2O6/c1-10(2)17-16(22)18-14(20)9-24-15(21)7-5-11-4-6-12(19)13(8-11)23-3/h4-8,10,19H,9H2,1-3H3,(H2,17,18,20,22). The van der Waals surface area contributed by atoms with Crippen LogP contribution in [0.5, 0.6) is 11.5 Å². The maximum Gasteiger partial charge on any atom is 0.331 e. The Hall–Kier alpha value is -3.03. The van der Waals surface area contributed by atoms with Crippen molar-refractivity contribution in [3.8, 4) is 11.5 Å². The van der Waals surface area contributed by atoms with Gasteiger partial charge in [0.05, 0.1) is 7.11 Å². The second-order valence-corrected chi connectivity index (χ2v) is 5.05. The number of urea groups is 1. The molecule has 0 aromatic heterocycles. The second-order valence-electron chi connectivity index (χ2n) is 5.05. The fourth-order valence-electron chi connectivity index (χ4n) is 1.61. The number of phenols is 1. The van der Waals surface area contributed by atoms with Crippen molar-refractivity contribution in [2.75, 3.05) is 13.7 Å². The third kappa shape index (κ3) is 6.82. The minimum Gasteiger partial charge on any atom is -0.504 e. The quantitative estimate of drug-likeness (QED) is 0.531. The topological polar surface area (TPSA) is 114 Å². The summed E-state index contributed by atoms with van der Waals surface area (Å²) in [5.41, 5.74) is 0.599. The Morgan fingerprint density at radius 3 is 2.62 bits per heavy atom. The zero-order chi connectivity index (χ0) is 18.1. The van der Waals surface area contributed by atoms with Gasteiger partial charge in [-0.25, -0.2) is 9.59 Å². The Morgan fingerprint density at radius 2 is 2.00 bits per heavy atom. The molecule has 0 aliphatic rings. The van der Waals surface area contributed by atoms with Gasteiger partial charge < -0.3 is 19.9 Å². The summed E-state index contributed by atoms with van der Waals surface area (Å²) in [5.74, 6) is -1.24. The molecule has 1 aromatic rings. The molecule has 24 heavy (non-hydrogen) atoms. The van der Waals surface area contributed by atoms with Crippen LogP contribution in [0.1, 0.15) is 19.4 Å². The molecular formula is C16H20N2O6. The Morgan fingerprint density at radius 1 is 1.29 bits per heavy atom. The van der Waals surface area contributed by atoms with Crippen molar-refractivity contribution in [3.05, 3.63) is 29.8 Å². The van der Waals surface area contributed by atoms with Gasteiger partial charge in [0.2, 0.25) is 0 Å². The minimum absolute atomic E-state index is 0.0198. The van der Waals surface area contributed by atoms with Crippen LogP contribution in [-0.2, 0) is 14.3 Å². The maximum atomic E-state index is 11.5. The first-order chi connectivity index (χ1) is 11.3. The summed E-state index contributed by atoms with van der Waals surface area (Å²) < 4.78 is 9.66. The number of carbonyl (C=O) groups excluding carboxylic acids is 3. The van der Waals surface area contributed by atoms with Crippen molar-refractivity contribution in [1.82, 2.24) is 10.6 Å². The number of imide groups is 1. The SMILES string of the molecule is COc1cc(C=CC(=O)OCC(=O)NC(=O)NC(C)C)ccc1O. The van der Waals surface area contributed by atoms with E-state index < -0.39 is 24.5 Å². The highest BCUT2D eigenvalue weighted by Crippen LogP contribution is 2.26. The molecule has 0 saturated heterocycles. The van der Waals surface area contributed by atoms with E-state index >= 15 is 0 Å². The predicted octanol–water partition coefficient (Wildman–Crippen LogP) is 1.19. The zero-order valence-electron chi connectivity index (χ0n) is 13.7. The molecule has 0 bridgehead atoms. The molecule has 3 amide bonds. The van der Waals surface area contributed by atoms with Gasteiger partial charge in [0.15, 0.2) is 18.1 Å². The van der Waals surface area contributed by atoms with Crippen molar-refractivity contribution in [1.29, 1.82) is 0 Å². The molecule has 0 atom stereocenters. The number of hydrogen-bond acceptors (Lipinski definition) is 6. The number of methoxy groups -OCH3 is 1. The summed E-state index contributed by atoms with van der Waals surface area (Å²) in [7, 11) is 1.41. The summed E-state index contributed by atoms with van der Waals surface area (Å²) in [6.07, 6.45) is 2.56. The molecule has 1 rings (SSSR count). The zero-order valence-corrected chi connectivity index (χ0v) is 13.7. The molecule has 8 heteroatoms. The average Bonchev–Trinajstić information content (AvgIpc) is 2.51. The first-order valence-corrected chi connectivity index (χ1v) is 7.14. The smallest absolute Gasteiger partial charge is 0.331 e. The molecule has 0 unspecified atom stereocenters. The lowest BCUT2D eigenvalue weighted by atomic mass is 10.2. The molecule has 1 aromatic carbocycles. The van der Waals surface area contributed by atoms with Crippen molar-refractivity contribution in [2.45, 2.75) is 19.9 Å². The second kappa shape index (κ2) is 9.19. The molecule has 0 spiro atoms. The van der Waals surface area contributed by atoms with Crippen LogP contribution in [0.4, 0.5) is 4.79 Å². The number of rotatable bonds is 6. The van der Waals surface area contributed by atoms with Crippen molar-refractivity contribution >= 4 is 24.0 Å². The van der Waals surface area contributed by atoms with Crippen LogP contribution in [0.25, 0.3) is 6.08 Å². The van der Waals surface area contributed by atoms with E-state index in [0.29, 0.717) is 5.56 Å². The summed E-state index contributed by atoms with van der Waals surface area (Å²) in [4.78, 5) is 34.2. The lowest BCUT2D eigenvalue weighted by Crippen LogP contribution is -2.43. The van der Waals surface area contributed by atoms with Gasteiger partial charge in [0.1, 0.15) is 0 Å². The van der Waals surface area contributed by atoms with Crippen LogP contribution in [0.3, 0.4) is 0 Å². The van der Waals surface area contributed by atoms with Crippen LogP contribution in [0, 0.1) is 0 Å². The highest BCUT2D eigenvalue weighted by atomic mass is 16.5. The van der Waals surface area contributed by atoms with E-state index in [1.807, 2.05) is 5.32 Å². The number of phenolic OH excluding ortho intramolecular Hbond substituents is 1. The summed E-state index contributed by atoms with van der Waals surface area (Å²) in [5, 5.41) is 14.0. The maximum absolute atomic E-state index is 11.5. The van der Waals surface area contributed by atoms with Crippen LogP contribution < -0.4 is 15.4 Å². The van der Waals surface area contributed by atoms with E-state index in [1.54, 1.807) is 19.9 Å². The van der Waals surface area contributed by atoms with E-state index in [4.69, 9.17) is 9.47 Å². The Bertz CT molecular complexity index is 639. The first kappa shape index (κ1) is 19.0. The van der Waals surface area contributed by atoms with E-state index in [-0.39, 0.29) is 17.5 Å². The van der Waals surface area contributed by atoms with Crippen LogP contribution in [0.2, 0.25) is 0 Å². The van der Waals surface area contributed by atoms with E-state index in [2.05, 4.69) is 5.32 Å². The van der Waals surface area contributed by atoms with E-state index in [0.717, 1.165) is 6.08 Å². The van der Waals surface area contributed by atoms with E-state index in [1.165, 1.54) is 25.3 Å². The van der Waals surface area contributed by atoms with Crippen LogP contribution in [0.15, 0.2) is 24.3 Å². The van der Waals surface area contributed by atoms with Gasteiger partial charge in [-0.3, -0.25) is 10.1 Å². The molecule has 0 radical (unpaired) electrons. The van der Waals surface area contributed by atoms with Gasteiger partial charge in [-0.2, -0.15) is 0 Å². The van der Waals surface area contributed by atoms with Crippen molar-refractivity contribution < 1.29 is 29.0 Å². The highest BCUT2D eigenvalue weighted by Gasteiger charge is 2.10. The van der Waals surface area contributed by atoms with Gasteiger partial charge in [-0.15, -0.1) is 0 Å². The molecule has 130 valence electrons. The van der Waals surface area contributed by atoms with Gasteiger partial charge in [0.25, 0.3) is 5.91 Å². The van der Waals surface area contributed by atoms with Crippen LogP contribution >= 0.6 is 0 Å². The number of amides is 3. The number of benzene rings is 1. The van der Waals surface area contributed by atoms with Gasteiger partial charge in [-0.1, -0.05) is 6.07 Å². The third-order valence-corrected chi connectivity index (χ3v) is 2.63. The molecule has 0 saturated carbocycles. The fraction of sp³-hybridized carbons (Fsp3) is 0.312. The molecule has 0 fully saturated rings. The van der Waals surface area contributed by atoms with Crippen LogP contribution in [-0.4, -0.2) is 42.8 Å². The van der Waals surface area contributed by atoms with E-state index in [9.17, 15) is 19.5 Å². The molecule has 0 aliphatic carbocycles. The normalized spacial score (nSPS) is 10.5. The predicted molar refractivity (Wildman–Crippen MR) is 86.5 cm³/mol. The Balaban J connectivity index is 2.46. The number of ether oxygens (including phenoxy) is 2. The van der Waals surface area contributed by atoms with Gasteiger partial charge in [-0.05, 0) is 37.6 Å². The summed E-state index contributed by atoms with van der Waals surface area (Å²) >= 11 is 0. The molecule has 0 aliphatic heterocycles. The summed E-state index contributed by atoms with van der Waals surface area (Å²) in [6, 6.07) is 3.75. The van der Waals surface area contributed by atoms with Gasteiger partial charge >= 0.3 is 12.0 Å². The number of nitrogens with one attached hydrogen (secondary N) is 2. The highest BCUT2D eigenvalue weighted by molar-refractivity contribution is 5.96. The molecule has 0 heterocycles. The summed E-state index contributed by atoms with van der Waals surface area (Å²) in [6.45, 7) is 2.91. The monoisotopic (exact) mass is 336 g/mol. The molecular weight excluding hydrogens is 316 g/mol. The van der Waals surface area contributed by atoms with Crippen molar-refractivity contribution in [3.63, 3.8) is 0 Å². The lowest BCUT2D eigenvalue weighted by molar-refractivity contribution is -0.143.